The van der Waals surface area contributed by atoms with Crippen molar-refractivity contribution in [2.75, 3.05) is 26.2 Å². The zero-order chi connectivity index (χ0) is 21.5. The van der Waals surface area contributed by atoms with Crippen LogP contribution in [0.25, 0.3) is 0 Å². The molecule has 30 heavy (non-hydrogen) atoms. The third-order valence-corrected chi connectivity index (χ3v) is 6.74. The number of carbonyl (C=O) groups excluding carboxylic acids is 1. The number of hydrogen-bond donors (Lipinski definition) is 1. The summed E-state index contributed by atoms with van der Waals surface area (Å²) < 4.78 is 1.56. The first-order valence-corrected chi connectivity index (χ1v) is 11.6. The third-order valence-electron chi connectivity index (χ3n) is 5.60. The Balaban J connectivity index is 1.59. The van der Waals surface area contributed by atoms with Crippen molar-refractivity contribution in [1.82, 2.24) is 19.8 Å². The van der Waals surface area contributed by atoms with E-state index in [4.69, 9.17) is 0 Å². The minimum absolute atomic E-state index is 0.0164. The molecule has 1 aliphatic heterocycles. The number of likely N-dealkylation sites (tertiary alicyclic amines) is 1. The molecule has 1 amide bonds. The minimum Gasteiger partial charge on any atom is -0.354 e. The molecule has 7 heteroatoms. The lowest BCUT2D eigenvalue weighted by atomic mass is 10.1. The van der Waals surface area contributed by atoms with E-state index in [1.165, 1.54) is 31.0 Å². The van der Waals surface area contributed by atoms with E-state index in [9.17, 15) is 9.59 Å². The normalized spacial score (nSPS) is 15.7. The molecule has 2 heterocycles. The summed E-state index contributed by atoms with van der Waals surface area (Å²) in [5.41, 5.74) is 2.46. The molecule has 0 bridgehead atoms. The van der Waals surface area contributed by atoms with Gasteiger partial charge in [-0.3, -0.25) is 14.2 Å². The van der Waals surface area contributed by atoms with Gasteiger partial charge in [0.25, 0.3) is 5.56 Å². The molecule has 6 nitrogen and oxygen atoms in total. The molecule has 0 radical (unpaired) electrons. The highest BCUT2D eigenvalue weighted by atomic mass is 32.2. The maximum Gasteiger partial charge on any atom is 0.257 e. The number of nitrogens with zero attached hydrogens (tertiary/aromatic N) is 3. The van der Waals surface area contributed by atoms with Crippen molar-refractivity contribution in [2.24, 2.45) is 7.05 Å². The molecule has 0 spiro atoms. The molecule has 3 rings (SSSR count). The van der Waals surface area contributed by atoms with E-state index >= 15 is 0 Å². The molecule has 1 atom stereocenters. The molecule has 1 aromatic carbocycles. The summed E-state index contributed by atoms with van der Waals surface area (Å²) >= 11 is 1.33. The van der Waals surface area contributed by atoms with Crippen LogP contribution in [0.5, 0.6) is 0 Å². The second-order valence-corrected chi connectivity index (χ2v) is 9.25. The number of amides is 1. The van der Waals surface area contributed by atoms with E-state index in [1.807, 2.05) is 44.2 Å². The average Bonchev–Trinajstić information content (AvgIpc) is 2.76. The molecular formula is C23H32N4O2S. The van der Waals surface area contributed by atoms with Gasteiger partial charge in [-0.2, -0.15) is 0 Å². The van der Waals surface area contributed by atoms with Gasteiger partial charge in [0.05, 0.1) is 5.25 Å². The molecule has 1 aliphatic rings. The number of hydrogen-bond acceptors (Lipinski definition) is 5. The van der Waals surface area contributed by atoms with Crippen LogP contribution in [0, 0.1) is 6.92 Å². The van der Waals surface area contributed by atoms with Crippen molar-refractivity contribution in [3.8, 4) is 0 Å². The Kier molecular flexibility index (Phi) is 8.10. The summed E-state index contributed by atoms with van der Waals surface area (Å²) in [4.78, 5) is 32.5. The Morgan fingerprint density at radius 2 is 1.90 bits per heavy atom. The highest BCUT2D eigenvalue weighted by Gasteiger charge is 2.19. The SMILES string of the molecule is Cc1nc(SC(C)C(=O)NCCN2CCCCC2)n(C)c(=O)c1Cc1ccccc1. The minimum atomic E-state index is -0.316. The molecule has 1 aromatic heterocycles. The predicted octanol–water partition coefficient (Wildman–Crippen LogP) is 2.76. The van der Waals surface area contributed by atoms with Gasteiger partial charge in [0.1, 0.15) is 0 Å². The van der Waals surface area contributed by atoms with Gasteiger partial charge in [0, 0.05) is 37.8 Å². The van der Waals surface area contributed by atoms with E-state index in [1.54, 1.807) is 11.6 Å². The second kappa shape index (κ2) is 10.8. The summed E-state index contributed by atoms with van der Waals surface area (Å²) in [6, 6.07) is 9.93. The lowest BCUT2D eigenvalue weighted by Crippen LogP contribution is -2.40. The van der Waals surface area contributed by atoms with Crippen molar-refractivity contribution in [2.45, 2.75) is 49.9 Å². The first-order valence-electron chi connectivity index (χ1n) is 10.7. The van der Waals surface area contributed by atoms with Crippen LogP contribution < -0.4 is 10.9 Å². The maximum atomic E-state index is 12.9. The predicted molar refractivity (Wildman–Crippen MR) is 122 cm³/mol. The van der Waals surface area contributed by atoms with Crippen LogP contribution in [-0.2, 0) is 18.3 Å². The lowest BCUT2D eigenvalue weighted by molar-refractivity contribution is -0.120. The van der Waals surface area contributed by atoms with Gasteiger partial charge in [-0.25, -0.2) is 4.98 Å². The summed E-state index contributed by atoms with van der Waals surface area (Å²) in [5, 5.41) is 3.29. The van der Waals surface area contributed by atoms with E-state index < -0.39 is 0 Å². The van der Waals surface area contributed by atoms with Gasteiger partial charge in [0.2, 0.25) is 5.91 Å². The van der Waals surface area contributed by atoms with Crippen molar-refractivity contribution < 1.29 is 4.79 Å². The van der Waals surface area contributed by atoms with Crippen LogP contribution in [0.4, 0.5) is 0 Å². The van der Waals surface area contributed by atoms with Crippen LogP contribution in [0.2, 0.25) is 0 Å². The summed E-state index contributed by atoms with van der Waals surface area (Å²) in [7, 11) is 1.73. The molecule has 2 aromatic rings. The Morgan fingerprint density at radius 1 is 1.20 bits per heavy atom. The second-order valence-electron chi connectivity index (χ2n) is 7.94. The quantitative estimate of drug-likeness (QED) is 0.517. The fourth-order valence-corrected chi connectivity index (χ4v) is 4.65. The number of nitrogens with one attached hydrogen (secondary N) is 1. The van der Waals surface area contributed by atoms with Crippen LogP contribution >= 0.6 is 11.8 Å². The van der Waals surface area contributed by atoms with Crippen LogP contribution in [0.1, 0.15) is 43.0 Å². The molecule has 1 unspecified atom stereocenters. The Labute approximate surface area is 183 Å². The first-order chi connectivity index (χ1) is 14.5. The van der Waals surface area contributed by atoms with Gasteiger partial charge in [-0.1, -0.05) is 48.5 Å². The summed E-state index contributed by atoms with van der Waals surface area (Å²) in [6.45, 7) is 7.53. The van der Waals surface area contributed by atoms with E-state index in [0.717, 1.165) is 30.9 Å². The highest BCUT2D eigenvalue weighted by molar-refractivity contribution is 8.00. The number of rotatable bonds is 8. The van der Waals surface area contributed by atoms with Gasteiger partial charge in [0.15, 0.2) is 5.16 Å². The monoisotopic (exact) mass is 428 g/mol. The molecule has 1 saturated heterocycles. The Bertz CT molecular complexity index is 907. The zero-order valence-corrected chi connectivity index (χ0v) is 19.0. The van der Waals surface area contributed by atoms with Gasteiger partial charge in [-0.15, -0.1) is 0 Å². The molecule has 1 N–H and O–H groups in total. The van der Waals surface area contributed by atoms with Crippen LogP contribution in [-0.4, -0.2) is 51.8 Å². The van der Waals surface area contributed by atoms with Crippen LogP contribution in [0.3, 0.4) is 0 Å². The smallest absolute Gasteiger partial charge is 0.257 e. The highest BCUT2D eigenvalue weighted by Crippen LogP contribution is 2.21. The number of benzene rings is 1. The molecule has 162 valence electrons. The summed E-state index contributed by atoms with van der Waals surface area (Å²) in [5.74, 6) is -0.0164. The fourth-order valence-electron chi connectivity index (χ4n) is 3.71. The summed E-state index contributed by atoms with van der Waals surface area (Å²) in [6.07, 6.45) is 4.37. The number of carbonyl (C=O) groups is 1. The van der Waals surface area contributed by atoms with Gasteiger partial charge < -0.3 is 10.2 Å². The number of piperidine rings is 1. The van der Waals surface area contributed by atoms with Crippen LogP contribution in [0.15, 0.2) is 40.3 Å². The number of aromatic nitrogens is 2. The van der Waals surface area contributed by atoms with E-state index in [-0.39, 0.29) is 16.7 Å². The van der Waals surface area contributed by atoms with Crippen molar-refractivity contribution in [3.05, 3.63) is 57.5 Å². The van der Waals surface area contributed by atoms with E-state index in [0.29, 0.717) is 23.7 Å². The van der Waals surface area contributed by atoms with Gasteiger partial charge >= 0.3 is 0 Å². The van der Waals surface area contributed by atoms with Gasteiger partial charge in [-0.05, 0) is 45.3 Å². The van der Waals surface area contributed by atoms with E-state index in [2.05, 4.69) is 15.2 Å². The lowest BCUT2D eigenvalue weighted by Gasteiger charge is -2.26. The molecule has 0 aliphatic carbocycles. The average molecular weight is 429 g/mol. The number of aryl methyl sites for hydroxylation is 1. The zero-order valence-electron chi connectivity index (χ0n) is 18.2. The fraction of sp³-hybridized carbons (Fsp3) is 0.522. The maximum absolute atomic E-state index is 12.9. The topological polar surface area (TPSA) is 67.2 Å². The largest absolute Gasteiger partial charge is 0.354 e. The Hall–Kier alpha value is -2.12. The first kappa shape index (κ1) is 22.6. The molecular weight excluding hydrogens is 396 g/mol. The third kappa shape index (κ3) is 5.95. The van der Waals surface area contributed by atoms with Crippen molar-refractivity contribution >= 4 is 17.7 Å². The van der Waals surface area contributed by atoms with Crippen molar-refractivity contribution in [3.63, 3.8) is 0 Å². The van der Waals surface area contributed by atoms with Crippen molar-refractivity contribution in [1.29, 1.82) is 0 Å². The standard InChI is InChI=1S/C23H32N4O2S/c1-17-20(16-19-10-6-4-7-11-19)22(29)26(3)23(25-17)30-18(2)21(28)24-12-15-27-13-8-5-9-14-27/h4,6-7,10-11,18H,5,8-9,12-16H2,1-3H3,(H,24,28). The molecule has 1 fully saturated rings. The number of thioether (sulfide) groups is 1. The Morgan fingerprint density at radius 3 is 2.60 bits per heavy atom. The molecule has 0 saturated carbocycles.